The highest BCUT2D eigenvalue weighted by molar-refractivity contribution is 7.21. The lowest BCUT2D eigenvalue weighted by molar-refractivity contribution is -0.125. The zero-order chi connectivity index (χ0) is 21.0. The monoisotopic (exact) mass is 421 g/mol. The summed E-state index contributed by atoms with van der Waals surface area (Å²) in [5.41, 5.74) is 4.27. The molecule has 1 atom stereocenters. The number of ether oxygens (including phenoxy) is 1. The fraction of sp³-hybridized carbons (Fsp3) is 0.261. The number of carbonyl (C=O) groups is 1. The largest absolute Gasteiger partial charge is 0.479 e. The highest BCUT2D eigenvalue weighted by atomic mass is 32.1. The summed E-state index contributed by atoms with van der Waals surface area (Å²) >= 11 is 1.37. The zero-order valence-electron chi connectivity index (χ0n) is 16.9. The molecular weight excluding hydrogens is 401 g/mol. The Bertz CT molecular complexity index is 1260. The van der Waals surface area contributed by atoms with E-state index >= 15 is 0 Å². The van der Waals surface area contributed by atoms with Gasteiger partial charge in [0.05, 0.1) is 15.3 Å². The van der Waals surface area contributed by atoms with E-state index < -0.39 is 6.10 Å². The molecule has 1 amide bonds. The first kappa shape index (κ1) is 18.9. The third-order valence-electron chi connectivity index (χ3n) is 5.46. The zero-order valence-corrected chi connectivity index (χ0v) is 17.7. The second-order valence-electron chi connectivity index (χ2n) is 7.55. The summed E-state index contributed by atoms with van der Waals surface area (Å²) in [5.74, 6) is 0.373. The maximum atomic E-state index is 14.3. The number of hydrogen-bond donors (Lipinski definition) is 0. The van der Waals surface area contributed by atoms with Crippen molar-refractivity contribution >= 4 is 44.4 Å². The minimum absolute atomic E-state index is 0.0437. The van der Waals surface area contributed by atoms with Gasteiger partial charge in [0.15, 0.2) is 6.10 Å². The van der Waals surface area contributed by atoms with Crippen molar-refractivity contribution in [2.75, 3.05) is 11.4 Å². The highest BCUT2D eigenvalue weighted by Crippen LogP contribution is 2.39. The molecule has 2 aliphatic heterocycles. The van der Waals surface area contributed by atoms with Crippen LogP contribution in [-0.4, -0.2) is 30.0 Å². The lowest BCUT2D eigenvalue weighted by atomic mass is 9.95. The lowest BCUT2D eigenvalue weighted by Gasteiger charge is -2.33. The summed E-state index contributed by atoms with van der Waals surface area (Å²) in [6, 6.07) is 11.0. The number of nitrogens with zero attached hydrogens (tertiary/aromatic N) is 3. The van der Waals surface area contributed by atoms with E-state index in [2.05, 4.69) is 10.2 Å². The van der Waals surface area contributed by atoms with Crippen LogP contribution in [0.1, 0.15) is 36.8 Å². The molecule has 0 saturated heterocycles. The Morgan fingerprint density at radius 2 is 2.10 bits per heavy atom. The average molecular weight is 421 g/mol. The molecule has 0 saturated carbocycles. The molecule has 0 fully saturated rings. The second kappa shape index (κ2) is 7.02. The summed E-state index contributed by atoms with van der Waals surface area (Å²) in [4.78, 5) is 15.2. The molecule has 1 unspecified atom stereocenters. The van der Waals surface area contributed by atoms with Gasteiger partial charge in [-0.1, -0.05) is 12.1 Å². The van der Waals surface area contributed by atoms with Crippen LogP contribution in [0.15, 0.2) is 46.6 Å². The number of carbonyl (C=O) groups excluding carboxylic acids is 1. The summed E-state index contributed by atoms with van der Waals surface area (Å²) in [6.45, 7) is 6.22. The SMILES string of the molecule is CCN1C(=O)C(C)Oc2cc3c(cc21)CC(C)=NN=C3c1cc2cccc(F)c2s1. The predicted molar refractivity (Wildman–Crippen MR) is 119 cm³/mol. The number of benzene rings is 2. The van der Waals surface area contributed by atoms with Crippen LogP contribution in [0.25, 0.3) is 10.1 Å². The second-order valence-corrected chi connectivity index (χ2v) is 8.60. The van der Waals surface area contributed by atoms with E-state index in [1.807, 2.05) is 38.1 Å². The normalized spacial score (nSPS) is 18.3. The Morgan fingerprint density at radius 1 is 1.27 bits per heavy atom. The number of halogens is 1. The molecule has 2 aliphatic rings. The maximum Gasteiger partial charge on any atom is 0.267 e. The van der Waals surface area contributed by atoms with Gasteiger partial charge in [-0.2, -0.15) is 5.10 Å². The van der Waals surface area contributed by atoms with Gasteiger partial charge < -0.3 is 9.64 Å². The first-order valence-corrected chi connectivity index (χ1v) is 10.7. The number of hydrogen-bond acceptors (Lipinski definition) is 5. The van der Waals surface area contributed by atoms with Crippen LogP contribution in [0.4, 0.5) is 10.1 Å². The van der Waals surface area contributed by atoms with E-state index in [-0.39, 0.29) is 11.7 Å². The van der Waals surface area contributed by atoms with Crippen LogP contribution in [0.3, 0.4) is 0 Å². The molecule has 0 aliphatic carbocycles. The van der Waals surface area contributed by atoms with Crippen LogP contribution >= 0.6 is 11.3 Å². The summed E-state index contributed by atoms with van der Waals surface area (Å²) in [5, 5.41) is 9.74. The maximum absolute atomic E-state index is 14.3. The fourth-order valence-electron chi connectivity index (χ4n) is 4.02. The number of rotatable bonds is 2. The quantitative estimate of drug-likeness (QED) is 0.588. The number of fused-ring (bicyclic) bond motifs is 3. The lowest BCUT2D eigenvalue weighted by Crippen LogP contribution is -2.44. The van der Waals surface area contributed by atoms with Gasteiger partial charge in [-0.3, -0.25) is 4.79 Å². The predicted octanol–water partition coefficient (Wildman–Crippen LogP) is 4.94. The van der Waals surface area contributed by atoms with Gasteiger partial charge in [0.1, 0.15) is 17.3 Å². The number of thiophene rings is 1. The minimum Gasteiger partial charge on any atom is -0.479 e. The molecule has 0 N–H and O–H groups in total. The van der Waals surface area contributed by atoms with Crippen LogP contribution in [0.5, 0.6) is 5.75 Å². The molecular formula is C23H20FN3O2S. The smallest absolute Gasteiger partial charge is 0.267 e. The molecule has 2 aromatic carbocycles. The van der Waals surface area contributed by atoms with Crippen molar-refractivity contribution in [3.63, 3.8) is 0 Å². The Morgan fingerprint density at radius 3 is 2.87 bits per heavy atom. The van der Waals surface area contributed by atoms with E-state index in [9.17, 15) is 9.18 Å². The third-order valence-corrected chi connectivity index (χ3v) is 6.63. The van der Waals surface area contributed by atoms with Crippen molar-refractivity contribution in [3.8, 4) is 5.75 Å². The van der Waals surface area contributed by atoms with Gasteiger partial charge >= 0.3 is 0 Å². The highest BCUT2D eigenvalue weighted by Gasteiger charge is 2.32. The molecule has 0 radical (unpaired) electrons. The third kappa shape index (κ3) is 2.92. The van der Waals surface area contributed by atoms with Crippen molar-refractivity contribution in [1.29, 1.82) is 0 Å². The van der Waals surface area contributed by atoms with Gasteiger partial charge in [-0.15, -0.1) is 16.4 Å². The summed E-state index contributed by atoms with van der Waals surface area (Å²) in [7, 11) is 0. The van der Waals surface area contributed by atoms with Gasteiger partial charge in [-0.25, -0.2) is 4.39 Å². The Balaban J connectivity index is 1.71. The van der Waals surface area contributed by atoms with E-state index in [4.69, 9.17) is 4.74 Å². The number of likely N-dealkylation sites (N-methyl/N-ethyl adjacent to an activating group) is 1. The average Bonchev–Trinajstić information content (AvgIpc) is 3.08. The number of amides is 1. The topological polar surface area (TPSA) is 54.3 Å². The molecule has 1 aromatic heterocycles. The molecule has 3 aromatic rings. The molecule has 0 bridgehead atoms. The summed E-state index contributed by atoms with van der Waals surface area (Å²) < 4.78 is 20.8. The van der Waals surface area contributed by atoms with Crippen molar-refractivity contribution < 1.29 is 13.9 Å². The Labute approximate surface area is 177 Å². The standard InChI is InChI=1S/C23H20FN3O2S/c1-4-27-18-9-15-8-12(2)25-26-21(16(15)11-19(18)29-13(3)23(27)28)20-10-14-6-5-7-17(24)22(14)30-20/h5-7,9-11,13H,4,8H2,1-3H3. The minimum atomic E-state index is -0.543. The van der Waals surface area contributed by atoms with E-state index in [0.29, 0.717) is 29.1 Å². The van der Waals surface area contributed by atoms with Crippen molar-refractivity contribution in [2.45, 2.75) is 33.3 Å². The van der Waals surface area contributed by atoms with Gasteiger partial charge in [0.2, 0.25) is 0 Å². The van der Waals surface area contributed by atoms with E-state index in [1.165, 1.54) is 17.4 Å². The fourth-order valence-corrected chi connectivity index (χ4v) is 5.08. The van der Waals surface area contributed by atoms with Gasteiger partial charge in [0.25, 0.3) is 5.91 Å². The van der Waals surface area contributed by atoms with Crippen molar-refractivity contribution in [1.82, 2.24) is 0 Å². The molecule has 7 heteroatoms. The first-order chi connectivity index (χ1) is 14.5. The summed E-state index contributed by atoms with van der Waals surface area (Å²) in [6.07, 6.45) is 0.0777. The molecule has 3 heterocycles. The number of anilines is 1. The molecule has 0 spiro atoms. The van der Waals surface area contributed by atoms with Crippen molar-refractivity contribution in [2.24, 2.45) is 10.2 Å². The van der Waals surface area contributed by atoms with Gasteiger partial charge in [0, 0.05) is 24.2 Å². The van der Waals surface area contributed by atoms with Crippen LogP contribution in [-0.2, 0) is 11.2 Å². The molecule has 5 nitrogen and oxygen atoms in total. The van der Waals surface area contributed by atoms with E-state index in [1.54, 1.807) is 17.9 Å². The molecule has 152 valence electrons. The molecule has 30 heavy (non-hydrogen) atoms. The Hall–Kier alpha value is -3.06. The van der Waals surface area contributed by atoms with Crippen LogP contribution in [0, 0.1) is 5.82 Å². The van der Waals surface area contributed by atoms with Crippen LogP contribution < -0.4 is 9.64 Å². The first-order valence-electron chi connectivity index (χ1n) is 9.91. The molecule has 5 rings (SSSR count). The van der Waals surface area contributed by atoms with E-state index in [0.717, 1.165) is 32.8 Å². The van der Waals surface area contributed by atoms with Crippen molar-refractivity contribution in [3.05, 3.63) is 58.2 Å². The van der Waals surface area contributed by atoms with Gasteiger partial charge in [-0.05, 0) is 56.0 Å². The Kier molecular flexibility index (Phi) is 4.43. The van der Waals surface area contributed by atoms with Crippen LogP contribution in [0.2, 0.25) is 0 Å².